The Hall–Kier alpha value is -2.64. The molecule has 3 heterocycles. The highest BCUT2D eigenvalue weighted by Crippen LogP contribution is 2.21. The van der Waals surface area contributed by atoms with Crippen LogP contribution in [0.1, 0.15) is 25.8 Å². The van der Waals surface area contributed by atoms with E-state index in [1.54, 1.807) is 4.90 Å². The molecular formula is C15H18N4O4. The van der Waals surface area contributed by atoms with Crippen LogP contribution in [-0.4, -0.2) is 38.2 Å². The molecule has 0 radical (unpaired) electrons. The average Bonchev–Trinajstić information content (AvgIpc) is 2.52. The molecule has 0 saturated carbocycles. The third-order valence-corrected chi connectivity index (χ3v) is 4.43. The number of H-pyrrole nitrogens is 1. The Labute approximate surface area is 130 Å². The second kappa shape index (κ2) is 5.53. The van der Waals surface area contributed by atoms with Crippen LogP contribution in [0.2, 0.25) is 0 Å². The number of aryl methyl sites for hydroxylation is 1. The molecule has 2 aromatic heterocycles. The van der Waals surface area contributed by atoms with Crippen molar-refractivity contribution in [1.82, 2.24) is 19.2 Å². The van der Waals surface area contributed by atoms with Gasteiger partial charge in [-0.2, -0.15) is 0 Å². The Morgan fingerprint density at radius 3 is 2.43 bits per heavy atom. The van der Waals surface area contributed by atoms with Crippen LogP contribution >= 0.6 is 0 Å². The van der Waals surface area contributed by atoms with Gasteiger partial charge in [-0.05, 0) is 12.8 Å². The number of carbonyl (C=O) groups is 1. The second-order valence-electron chi connectivity index (χ2n) is 5.89. The van der Waals surface area contributed by atoms with Crippen molar-refractivity contribution in [3.8, 4) is 0 Å². The Morgan fingerprint density at radius 2 is 1.83 bits per heavy atom. The molecule has 1 amide bonds. The molecule has 3 rings (SSSR count). The summed E-state index contributed by atoms with van der Waals surface area (Å²) in [6, 6.07) is 1.15. The van der Waals surface area contributed by atoms with E-state index in [0.29, 0.717) is 25.9 Å². The van der Waals surface area contributed by atoms with Gasteiger partial charge in [-0.1, -0.05) is 0 Å². The maximum absolute atomic E-state index is 12.3. The third-order valence-electron chi connectivity index (χ3n) is 4.43. The molecule has 122 valence electrons. The number of carbonyl (C=O) groups excluding carboxylic acids is 1. The molecule has 8 nitrogen and oxygen atoms in total. The number of piperidine rings is 1. The number of fused-ring (bicyclic) bond motifs is 1. The van der Waals surface area contributed by atoms with Crippen molar-refractivity contribution < 1.29 is 4.79 Å². The van der Waals surface area contributed by atoms with Crippen LogP contribution in [0.4, 0.5) is 0 Å². The first-order valence-electron chi connectivity index (χ1n) is 7.49. The lowest BCUT2D eigenvalue weighted by atomic mass is 10.0. The minimum atomic E-state index is -0.407. The molecule has 8 heteroatoms. The molecule has 0 unspecified atom stereocenters. The maximum Gasteiger partial charge on any atom is 0.273 e. The first-order valence-corrected chi connectivity index (χ1v) is 7.49. The Bertz CT molecular complexity index is 945. The molecule has 1 aliphatic heterocycles. The number of pyridine rings is 1. The van der Waals surface area contributed by atoms with Crippen molar-refractivity contribution >= 4 is 16.7 Å². The van der Waals surface area contributed by atoms with Gasteiger partial charge in [-0.25, -0.2) is 0 Å². The van der Waals surface area contributed by atoms with Crippen LogP contribution in [0.3, 0.4) is 0 Å². The van der Waals surface area contributed by atoms with Crippen molar-refractivity contribution in [2.75, 3.05) is 13.1 Å². The van der Waals surface area contributed by atoms with Crippen molar-refractivity contribution in [3.05, 3.63) is 43.3 Å². The zero-order valence-electron chi connectivity index (χ0n) is 13.0. The van der Waals surface area contributed by atoms with Crippen molar-refractivity contribution in [1.29, 1.82) is 0 Å². The lowest BCUT2D eigenvalue weighted by Crippen LogP contribution is -2.40. The predicted octanol–water partition coefficient (Wildman–Crippen LogP) is -0.428. The summed E-state index contributed by atoms with van der Waals surface area (Å²) in [4.78, 5) is 49.6. The molecule has 2 aromatic rings. The molecular weight excluding hydrogens is 300 g/mol. The lowest BCUT2D eigenvalue weighted by molar-refractivity contribution is -0.130. The Morgan fingerprint density at radius 1 is 1.17 bits per heavy atom. The number of hydrogen-bond acceptors (Lipinski definition) is 4. The highest BCUT2D eigenvalue weighted by molar-refractivity contribution is 5.79. The van der Waals surface area contributed by atoms with Gasteiger partial charge in [0.05, 0.1) is 10.8 Å². The molecule has 0 atom stereocenters. The van der Waals surface area contributed by atoms with Crippen LogP contribution in [-0.2, 0) is 11.8 Å². The number of rotatable bonds is 1. The predicted molar refractivity (Wildman–Crippen MR) is 84.6 cm³/mol. The fourth-order valence-electron chi connectivity index (χ4n) is 3.09. The fourth-order valence-corrected chi connectivity index (χ4v) is 3.09. The number of amides is 1. The summed E-state index contributed by atoms with van der Waals surface area (Å²) in [7, 11) is 1.44. The highest BCUT2D eigenvalue weighted by atomic mass is 16.2. The van der Waals surface area contributed by atoms with Gasteiger partial charge in [-0.15, -0.1) is 0 Å². The molecule has 1 saturated heterocycles. The normalized spacial score (nSPS) is 16.0. The van der Waals surface area contributed by atoms with E-state index in [-0.39, 0.29) is 28.3 Å². The van der Waals surface area contributed by atoms with Gasteiger partial charge in [-0.3, -0.25) is 29.0 Å². The van der Waals surface area contributed by atoms with Gasteiger partial charge >= 0.3 is 0 Å². The van der Waals surface area contributed by atoms with Crippen molar-refractivity contribution in [3.63, 3.8) is 0 Å². The Balaban J connectivity index is 2.05. The summed E-state index contributed by atoms with van der Waals surface area (Å²) in [5, 5.41) is 2.77. The molecule has 0 bridgehead atoms. The lowest BCUT2D eigenvalue weighted by Gasteiger charge is -2.32. The van der Waals surface area contributed by atoms with Gasteiger partial charge in [0.25, 0.3) is 16.7 Å². The summed E-state index contributed by atoms with van der Waals surface area (Å²) in [5.74, 6) is 0.0225. The molecule has 1 N–H and O–H groups in total. The monoisotopic (exact) mass is 318 g/mol. The van der Waals surface area contributed by atoms with E-state index in [9.17, 15) is 19.2 Å². The van der Waals surface area contributed by atoms with E-state index in [0.717, 1.165) is 4.68 Å². The summed E-state index contributed by atoms with van der Waals surface area (Å²) in [6.07, 6.45) is 2.76. The zero-order chi connectivity index (χ0) is 16.7. The second-order valence-corrected chi connectivity index (χ2v) is 5.89. The topological polar surface area (TPSA) is 97.2 Å². The van der Waals surface area contributed by atoms with E-state index in [1.807, 2.05) is 0 Å². The maximum atomic E-state index is 12.3. The number of aromatic nitrogens is 3. The fraction of sp³-hybridized carbons (Fsp3) is 0.467. The van der Waals surface area contributed by atoms with Crippen LogP contribution in [0, 0.1) is 0 Å². The Kier molecular flexibility index (Phi) is 3.67. The minimum Gasteiger partial charge on any atom is -0.343 e. The summed E-state index contributed by atoms with van der Waals surface area (Å²) in [6.45, 7) is 2.69. The van der Waals surface area contributed by atoms with Crippen LogP contribution in [0.15, 0.2) is 26.6 Å². The van der Waals surface area contributed by atoms with Gasteiger partial charge < -0.3 is 9.47 Å². The van der Waals surface area contributed by atoms with Gasteiger partial charge in [0.1, 0.15) is 0 Å². The number of nitrogens with one attached hydrogen (secondary N) is 1. The molecule has 0 aromatic carbocycles. The van der Waals surface area contributed by atoms with Gasteiger partial charge in [0.15, 0.2) is 0 Å². The SMILES string of the molecule is CC(=O)N1CCC(n2cc3c(=O)[nH]n(C)c(=O)c3cc2=O)CC1. The van der Waals surface area contributed by atoms with Crippen molar-refractivity contribution in [2.24, 2.45) is 7.05 Å². The molecule has 1 aliphatic rings. The molecule has 23 heavy (non-hydrogen) atoms. The third kappa shape index (κ3) is 2.60. The van der Waals surface area contributed by atoms with Crippen LogP contribution in [0.5, 0.6) is 0 Å². The van der Waals surface area contributed by atoms with Crippen molar-refractivity contribution in [2.45, 2.75) is 25.8 Å². The van der Waals surface area contributed by atoms with E-state index in [1.165, 1.54) is 30.8 Å². The van der Waals surface area contributed by atoms with E-state index in [2.05, 4.69) is 5.10 Å². The number of hydrogen-bond donors (Lipinski definition) is 1. The average molecular weight is 318 g/mol. The van der Waals surface area contributed by atoms with Gasteiger partial charge in [0.2, 0.25) is 5.91 Å². The first-order chi connectivity index (χ1) is 10.9. The minimum absolute atomic E-state index is 0.0225. The number of likely N-dealkylation sites (tertiary alicyclic amines) is 1. The van der Waals surface area contributed by atoms with E-state index in [4.69, 9.17) is 0 Å². The van der Waals surface area contributed by atoms with Crippen LogP contribution in [0.25, 0.3) is 10.8 Å². The number of nitrogens with zero attached hydrogens (tertiary/aromatic N) is 3. The zero-order valence-corrected chi connectivity index (χ0v) is 13.0. The quantitative estimate of drug-likeness (QED) is 0.771. The molecule has 0 spiro atoms. The van der Waals surface area contributed by atoms with Gasteiger partial charge in [0, 0.05) is 45.4 Å². The van der Waals surface area contributed by atoms with E-state index < -0.39 is 11.1 Å². The standard InChI is InChI=1S/C15H18N4O4/c1-9(20)18-5-3-10(4-6-18)19-8-12-11(7-13(19)21)15(23)17(2)16-14(12)22/h7-8,10H,3-6H2,1-2H3,(H,16,22). The largest absolute Gasteiger partial charge is 0.343 e. The highest BCUT2D eigenvalue weighted by Gasteiger charge is 2.23. The summed E-state index contributed by atoms with van der Waals surface area (Å²) < 4.78 is 2.58. The molecule has 1 fully saturated rings. The first kappa shape index (κ1) is 15.3. The van der Waals surface area contributed by atoms with E-state index >= 15 is 0 Å². The van der Waals surface area contributed by atoms with Crippen LogP contribution < -0.4 is 16.7 Å². The molecule has 0 aliphatic carbocycles. The summed E-state index contributed by atoms with van der Waals surface area (Å²) >= 11 is 0. The smallest absolute Gasteiger partial charge is 0.273 e. The number of aromatic amines is 1. The summed E-state index contributed by atoms with van der Waals surface area (Å²) in [5.41, 5.74) is -1.12.